The van der Waals surface area contributed by atoms with Crippen molar-refractivity contribution in [3.8, 4) is 17.2 Å². The lowest BCUT2D eigenvalue weighted by atomic mass is 9.98. The second-order valence-electron chi connectivity index (χ2n) is 5.97. The number of nitrogens with zero attached hydrogens (tertiary/aromatic N) is 1. The Morgan fingerprint density at radius 2 is 1.75 bits per heavy atom. The van der Waals surface area contributed by atoms with Crippen LogP contribution < -0.4 is 9.47 Å². The first kappa shape index (κ1) is 16.2. The van der Waals surface area contributed by atoms with Crippen LogP contribution in [-0.4, -0.2) is 36.7 Å². The average molecular weight is 327 g/mol. The Hall–Kier alpha value is -2.69. The third-order valence-electron chi connectivity index (χ3n) is 4.39. The molecule has 1 N–H and O–H groups in total. The fourth-order valence-electron chi connectivity index (χ4n) is 3.05. The molecule has 0 radical (unpaired) electrons. The summed E-state index contributed by atoms with van der Waals surface area (Å²) in [7, 11) is 3.21. The van der Waals surface area contributed by atoms with Crippen molar-refractivity contribution in [2.45, 2.75) is 19.9 Å². The van der Waals surface area contributed by atoms with Gasteiger partial charge in [-0.15, -0.1) is 0 Å². The number of aromatic hydroxyl groups is 1. The Kier molecular flexibility index (Phi) is 4.34. The van der Waals surface area contributed by atoms with E-state index in [4.69, 9.17) is 9.47 Å². The number of carbonyl (C=O) groups excluding carboxylic acids is 1. The van der Waals surface area contributed by atoms with Gasteiger partial charge < -0.3 is 19.5 Å². The van der Waals surface area contributed by atoms with Gasteiger partial charge in [-0.2, -0.15) is 0 Å². The van der Waals surface area contributed by atoms with Crippen LogP contribution in [0.1, 0.15) is 27.0 Å². The van der Waals surface area contributed by atoms with Crippen LogP contribution in [0.4, 0.5) is 0 Å². The Morgan fingerprint density at radius 1 is 1.08 bits per heavy atom. The van der Waals surface area contributed by atoms with E-state index in [2.05, 4.69) is 0 Å². The molecule has 0 aromatic heterocycles. The van der Waals surface area contributed by atoms with E-state index in [1.807, 2.05) is 19.1 Å². The number of ether oxygens (including phenoxy) is 2. The van der Waals surface area contributed by atoms with Crippen LogP contribution in [0.25, 0.3) is 0 Å². The SMILES string of the molecule is COc1cc2c(cc1OC)CN(C(=O)c1cc(C)ccc1O)CC2. The summed E-state index contributed by atoms with van der Waals surface area (Å²) in [6.07, 6.45) is 0.744. The average Bonchev–Trinajstić information content (AvgIpc) is 2.61. The summed E-state index contributed by atoms with van der Waals surface area (Å²) in [4.78, 5) is 14.5. The summed E-state index contributed by atoms with van der Waals surface area (Å²) in [6, 6.07) is 8.97. The molecule has 0 saturated carbocycles. The third-order valence-corrected chi connectivity index (χ3v) is 4.39. The molecular weight excluding hydrogens is 306 g/mol. The number of hydrogen-bond donors (Lipinski definition) is 1. The van der Waals surface area contributed by atoms with E-state index in [-0.39, 0.29) is 11.7 Å². The first-order valence-electron chi connectivity index (χ1n) is 7.86. The quantitative estimate of drug-likeness (QED) is 0.942. The minimum atomic E-state index is -0.156. The molecule has 126 valence electrons. The normalized spacial score (nSPS) is 13.4. The molecule has 0 unspecified atom stereocenters. The van der Waals surface area contributed by atoms with E-state index in [9.17, 15) is 9.90 Å². The van der Waals surface area contributed by atoms with Gasteiger partial charge in [-0.05, 0) is 48.7 Å². The Morgan fingerprint density at radius 3 is 2.42 bits per heavy atom. The smallest absolute Gasteiger partial charge is 0.257 e. The number of amides is 1. The highest BCUT2D eigenvalue weighted by molar-refractivity contribution is 5.97. The second kappa shape index (κ2) is 6.43. The summed E-state index contributed by atoms with van der Waals surface area (Å²) in [6.45, 7) is 3.00. The fourth-order valence-corrected chi connectivity index (χ4v) is 3.05. The predicted molar refractivity (Wildman–Crippen MR) is 90.8 cm³/mol. The van der Waals surface area contributed by atoms with E-state index < -0.39 is 0 Å². The van der Waals surface area contributed by atoms with Gasteiger partial charge >= 0.3 is 0 Å². The molecule has 0 atom stereocenters. The maximum absolute atomic E-state index is 12.8. The number of phenolic OH excluding ortho intramolecular Hbond substituents is 1. The van der Waals surface area contributed by atoms with Crippen LogP contribution in [0.5, 0.6) is 17.2 Å². The van der Waals surface area contributed by atoms with Crippen molar-refractivity contribution >= 4 is 5.91 Å². The lowest BCUT2D eigenvalue weighted by Gasteiger charge is -2.30. The van der Waals surface area contributed by atoms with Crippen LogP contribution in [0.15, 0.2) is 30.3 Å². The molecule has 0 fully saturated rings. The van der Waals surface area contributed by atoms with Crippen molar-refractivity contribution in [3.05, 3.63) is 52.6 Å². The number of carbonyl (C=O) groups is 1. The highest BCUT2D eigenvalue weighted by Crippen LogP contribution is 2.34. The number of methoxy groups -OCH3 is 2. The Bertz CT molecular complexity index is 785. The number of rotatable bonds is 3. The molecular formula is C19H21NO4. The molecule has 0 bridgehead atoms. The van der Waals surface area contributed by atoms with Crippen molar-refractivity contribution in [3.63, 3.8) is 0 Å². The molecule has 1 amide bonds. The molecule has 3 rings (SSSR count). The zero-order valence-electron chi connectivity index (χ0n) is 14.1. The maximum Gasteiger partial charge on any atom is 0.257 e. The number of benzene rings is 2. The highest BCUT2D eigenvalue weighted by atomic mass is 16.5. The van der Waals surface area contributed by atoms with Gasteiger partial charge in [0, 0.05) is 13.1 Å². The van der Waals surface area contributed by atoms with Crippen LogP contribution in [0.3, 0.4) is 0 Å². The van der Waals surface area contributed by atoms with Gasteiger partial charge in [0.15, 0.2) is 11.5 Å². The zero-order valence-corrected chi connectivity index (χ0v) is 14.1. The van der Waals surface area contributed by atoms with E-state index >= 15 is 0 Å². The monoisotopic (exact) mass is 327 g/mol. The summed E-state index contributed by atoms with van der Waals surface area (Å²) in [5, 5.41) is 10.00. The predicted octanol–water partition coefficient (Wildman–Crippen LogP) is 2.92. The van der Waals surface area contributed by atoms with Gasteiger partial charge in [-0.1, -0.05) is 11.6 Å². The van der Waals surface area contributed by atoms with Gasteiger partial charge in [0.1, 0.15) is 5.75 Å². The third kappa shape index (κ3) is 2.89. The molecule has 1 aliphatic rings. The Labute approximate surface area is 141 Å². The Balaban J connectivity index is 1.89. The van der Waals surface area contributed by atoms with Crippen molar-refractivity contribution < 1.29 is 19.4 Å². The topological polar surface area (TPSA) is 59.0 Å². The molecule has 0 spiro atoms. The van der Waals surface area contributed by atoms with E-state index in [0.29, 0.717) is 30.2 Å². The molecule has 5 heteroatoms. The van der Waals surface area contributed by atoms with E-state index in [1.165, 1.54) is 0 Å². The number of fused-ring (bicyclic) bond motifs is 1. The fraction of sp³-hybridized carbons (Fsp3) is 0.316. The van der Waals surface area contributed by atoms with E-state index in [1.54, 1.807) is 37.3 Å². The number of phenols is 1. The molecule has 2 aromatic rings. The molecule has 5 nitrogen and oxygen atoms in total. The lowest BCUT2D eigenvalue weighted by Crippen LogP contribution is -2.36. The number of hydrogen-bond acceptors (Lipinski definition) is 4. The molecule has 1 heterocycles. The second-order valence-corrected chi connectivity index (χ2v) is 5.97. The van der Waals surface area contributed by atoms with Crippen LogP contribution in [-0.2, 0) is 13.0 Å². The standard InChI is InChI=1S/C19H21NO4/c1-12-4-5-16(21)15(8-12)19(22)20-7-6-13-9-17(23-2)18(24-3)10-14(13)11-20/h4-5,8-10,21H,6-7,11H2,1-3H3. The summed E-state index contributed by atoms with van der Waals surface area (Å²) in [5.41, 5.74) is 3.49. The minimum Gasteiger partial charge on any atom is -0.507 e. The van der Waals surface area contributed by atoms with Crippen LogP contribution >= 0.6 is 0 Å². The summed E-state index contributed by atoms with van der Waals surface area (Å²) < 4.78 is 10.7. The van der Waals surface area contributed by atoms with Crippen molar-refractivity contribution in [2.24, 2.45) is 0 Å². The molecule has 2 aromatic carbocycles. The highest BCUT2D eigenvalue weighted by Gasteiger charge is 2.25. The van der Waals surface area contributed by atoms with Crippen molar-refractivity contribution in [2.75, 3.05) is 20.8 Å². The molecule has 1 aliphatic heterocycles. The van der Waals surface area contributed by atoms with Crippen molar-refractivity contribution in [1.82, 2.24) is 4.90 Å². The zero-order chi connectivity index (χ0) is 17.3. The van der Waals surface area contributed by atoms with Gasteiger partial charge in [0.05, 0.1) is 19.8 Å². The van der Waals surface area contributed by atoms with E-state index in [0.717, 1.165) is 23.1 Å². The largest absolute Gasteiger partial charge is 0.507 e. The van der Waals surface area contributed by atoms with Gasteiger partial charge in [0.25, 0.3) is 5.91 Å². The number of aryl methyl sites for hydroxylation is 1. The van der Waals surface area contributed by atoms with Gasteiger partial charge in [-0.3, -0.25) is 4.79 Å². The van der Waals surface area contributed by atoms with Crippen LogP contribution in [0.2, 0.25) is 0 Å². The summed E-state index contributed by atoms with van der Waals surface area (Å²) in [5.74, 6) is 1.22. The lowest BCUT2D eigenvalue weighted by molar-refractivity contribution is 0.0731. The minimum absolute atomic E-state index is 0.0173. The van der Waals surface area contributed by atoms with Crippen molar-refractivity contribution in [1.29, 1.82) is 0 Å². The van der Waals surface area contributed by atoms with Gasteiger partial charge in [-0.25, -0.2) is 0 Å². The van der Waals surface area contributed by atoms with Gasteiger partial charge in [0.2, 0.25) is 0 Å². The molecule has 24 heavy (non-hydrogen) atoms. The molecule has 0 saturated heterocycles. The first-order valence-corrected chi connectivity index (χ1v) is 7.86. The van der Waals surface area contributed by atoms with Crippen LogP contribution in [0, 0.1) is 6.92 Å². The maximum atomic E-state index is 12.8. The molecule has 0 aliphatic carbocycles. The summed E-state index contributed by atoms with van der Waals surface area (Å²) >= 11 is 0. The first-order chi connectivity index (χ1) is 11.5.